The molecular formula is C16H9NO6S. The monoisotopic (exact) mass is 343 g/mol. The maximum Gasteiger partial charge on any atom is 0.345 e. The van der Waals surface area contributed by atoms with Crippen molar-refractivity contribution >= 4 is 40.1 Å². The van der Waals surface area contributed by atoms with Gasteiger partial charge in [-0.15, -0.1) is 11.3 Å². The summed E-state index contributed by atoms with van der Waals surface area (Å²) in [6.45, 7) is 0. The van der Waals surface area contributed by atoms with Crippen LogP contribution in [0.25, 0.3) is 21.3 Å². The molecule has 0 saturated carbocycles. The average molecular weight is 343 g/mol. The highest BCUT2D eigenvalue weighted by atomic mass is 32.1. The Morgan fingerprint density at radius 2 is 1.54 bits per heavy atom. The van der Waals surface area contributed by atoms with Gasteiger partial charge in [0.1, 0.15) is 4.88 Å². The van der Waals surface area contributed by atoms with Crippen molar-refractivity contribution in [2.45, 2.75) is 0 Å². The van der Waals surface area contributed by atoms with E-state index in [4.69, 9.17) is 5.11 Å². The first kappa shape index (κ1) is 15.6. The lowest BCUT2D eigenvalue weighted by Gasteiger charge is -2.07. The van der Waals surface area contributed by atoms with Crippen LogP contribution in [0.1, 0.15) is 30.4 Å². The van der Waals surface area contributed by atoms with Gasteiger partial charge in [-0.1, -0.05) is 0 Å². The van der Waals surface area contributed by atoms with E-state index in [2.05, 4.69) is 4.98 Å². The van der Waals surface area contributed by atoms with Crippen molar-refractivity contribution in [3.63, 3.8) is 0 Å². The molecule has 0 unspecified atom stereocenters. The van der Waals surface area contributed by atoms with E-state index in [1.165, 1.54) is 30.5 Å². The predicted octanol–water partition coefficient (Wildman–Crippen LogP) is 3.06. The fourth-order valence-electron chi connectivity index (χ4n) is 2.32. The molecule has 8 heteroatoms. The smallest absolute Gasteiger partial charge is 0.345 e. The maximum absolute atomic E-state index is 11.4. The van der Waals surface area contributed by atoms with E-state index >= 15 is 0 Å². The van der Waals surface area contributed by atoms with E-state index in [1.807, 2.05) is 0 Å². The van der Waals surface area contributed by atoms with Crippen LogP contribution in [-0.4, -0.2) is 38.2 Å². The number of pyridine rings is 1. The normalized spacial score (nSPS) is 10.7. The second-order valence-electron chi connectivity index (χ2n) is 4.86. The standard InChI is InChI=1S/C16H9NO6S/c18-14(19)8-1-2-9(15(20)21)13-10(8)5-7(6-17-13)11-3-4-12(24-11)16(22)23/h1-6H,(H,18,19)(H,20,21)(H,22,23). The van der Waals surface area contributed by atoms with E-state index in [0.717, 1.165) is 11.3 Å². The lowest BCUT2D eigenvalue weighted by molar-refractivity contribution is 0.0684. The van der Waals surface area contributed by atoms with Crippen molar-refractivity contribution in [1.82, 2.24) is 4.98 Å². The average Bonchev–Trinajstić information content (AvgIpc) is 3.03. The van der Waals surface area contributed by atoms with Crippen LogP contribution in [0, 0.1) is 0 Å². The zero-order valence-electron chi connectivity index (χ0n) is 11.9. The number of rotatable bonds is 4. The minimum atomic E-state index is -1.21. The molecule has 0 aliphatic carbocycles. The van der Waals surface area contributed by atoms with Gasteiger partial charge in [0.25, 0.3) is 0 Å². The van der Waals surface area contributed by atoms with Crippen molar-refractivity contribution in [1.29, 1.82) is 0 Å². The first-order valence-electron chi connectivity index (χ1n) is 6.61. The van der Waals surface area contributed by atoms with Gasteiger partial charge >= 0.3 is 17.9 Å². The van der Waals surface area contributed by atoms with Crippen molar-refractivity contribution in [2.24, 2.45) is 0 Å². The van der Waals surface area contributed by atoms with Gasteiger partial charge in [0.05, 0.1) is 16.6 Å². The van der Waals surface area contributed by atoms with E-state index in [-0.39, 0.29) is 26.9 Å². The van der Waals surface area contributed by atoms with E-state index in [1.54, 1.807) is 6.07 Å². The largest absolute Gasteiger partial charge is 0.478 e. The zero-order valence-corrected chi connectivity index (χ0v) is 12.7. The van der Waals surface area contributed by atoms with Gasteiger partial charge in [0.15, 0.2) is 0 Å². The lowest BCUT2D eigenvalue weighted by atomic mass is 10.0. The molecule has 2 aromatic heterocycles. The third-order valence-electron chi connectivity index (χ3n) is 3.41. The maximum atomic E-state index is 11.4. The third kappa shape index (κ3) is 2.59. The van der Waals surface area contributed by atoms with Crippen molar-refractivity contribution < 1.29 is 29.7 Å². The minimum absolute atomic E-state index is 0.0700. The van der Waals surface area contributed by atoms with E-state index < -0.39 is 17.9 Å². The second-order valence-corrected chi connectivity index (χ2v) is 5.94. The quantitative estimate of drug-likeness (QED) is 0.665. The Balaban J connectivity index is 2.25. The molecule has 0 amide bonds. The molecule has 3 rings (SSSR count). The number of aromatic nitrogens is 1. The van der Waals surface area contributed by atoms with Crippen LogP contribution in [0.2, 0.25) is 0 Å². The number of hydrogen-bond donors (Lipinski definition) is 3. The number of thiophene rings is 1. The molecule has 0 atom stereocenters. The van der Waals surface area contributed by atoms with Gasteiger partial charge < -0.3 is 15.3 Å². The number of carboxylic acid groups (broad SMARTS) is 3. The molecule has 0 fully saturated rings. The van der Waals surface area contributed by atoms with Crippen LogP contribution >= 0.6 is 11.3 Å². The van der Waals surface area contributed by atoms with Gasteiger partial charge in [-0.3, -0.25) is 4.98 Å². The molecule has 0 aliphatic heterocycles. The lowest BCUT2D eigenvalue weighted by Crippen LogP contribution is -2.04. The summed E-state index contributed by atoms with van der Waals surface area (Å²) in [6.07, 6.45) is 1.40. The predicted molar refractivity (Wildman–Crippen MR) is 85.9 cm³/mol. The van der Waals surface area contributed by atoms with E-state index in [0.29, 0.717) is 10.4 Å². The van der Waals surface area contributed by atoms with Crippen LogP contribution in [0.15, 0.2) is 36.5 Å². The zero-order chi connectivity index (χ0) is 17.4. The molecule has 3 N–H and O–H groups in total. The highest BCUT2D eigenvalue weighted by Crippen LogP contribution is 2.31. The Morgan fingerprint density at radius 3 is 2.12 bits per heavy atom. The molecule has 1 aromatic carbocycles. The molecule has 2 heterocycles. The van der Waals surface area contributed by atoms with Crippen molar-refractivity contribution in [3.8, 4) is 10.4 Å². The minimum Gasteiger partial charge on any atom is -0.478 e. The Kier molecular flexibility index (Phi) is 3.74. The van der Waals surface area contributed by atoms with Gasteiger partial charge in [0, 0.05) is 22.0 Å². The summed E-state index contributed by atoms with van der Waals surface area (Å²) in [6, 6.07) is 6.97. The summed E-state index contributed by atoms with van der Waals surface area (Å²) in [4.78, 5) is 38.5. The number of nitrogens with zero attached hydrogens (tertiary/aromatic N) is 1. The van der Waals surface area contributed by atoms with Gasteiger partial charge in [-0.2, -0.15) is 0 Å². The number of hydrogen-bond acceptors (Lipinski definition) is 5. The van der Waals surface area contributed by atoms with E-state index in [9.17, 15) is 24.6 Å². The van der Waals surface area contributed by atoms with Gasteiger partial charge in [0.2, 0.25) is 0 Å². The first-order chi connectivity index (χ1) is 11.4. The highest BCUT2D eigenvalue weighted by Gasteiger charge is 2.18. The van der Waals surface area contributed by atoms with Crippen LogP contribution in [0.3, 0.4) is 0 Å². The summed E-state index contributed by atoms with van der Waals surface area (Å²) in [5.41, 5.74) is 0.421. The molecular weight excluding hydrogens is 334 g/mol. The topological polar surface area (TPSA) is 125 Å². The molecule has 24 heavy (non-hydrogen) atoms. The molecule has 0 saturated heterocycles. The number of fused-ring (bicyclic) bond motifs is 1. The summed E-state index contributed by atoms with van der Waals surface area (Å²) >= 11 is 1.02. The van der Waals surface area contributed by atoms with Crippen LogP contribution in [-0.2, 0) is 0 Å². The Hall–Kier alpha value is -3.26. The Morgan fingerprint density at radius 1 is 0.875 bits per heavy atom. The molecule has 0 bridgehead atoms. The summed E-state index contributed by atoms with van der Waals surface area (Å²) in [7, 11) is 0. The van der Waals surface area contributed by atoms with Crippen molar-refractivity contribution in [2.75, 3.05) is 0 Å². The number of carbonyl (C=O) groups is 3. The van der Waals surface area contributed by atoms with Crippen molar-refractivity contribution in [3.05, 3.63) is 52.5 Å². The fourth-order valence-corrected chi connectivity index (χ4v) is 3.15. The number of benzene rings is 1. The number of aromatic carboxylic acids is 3. The fraction of sp³-hybridized carbons (Fsp3) is 0. The Bertz CT molecular complexity index is 1010. The summed E-state index contributed by atoms with van der Waals surface area (Å²) in [5, 5.41) is 27.7. The van der Waals surface area contributed by atoms with Crippen LogP contribution < -0.4 is 0 Å². The summed E-state index contributed by atoms with van der Waals surface area (Å²) in [5.74, 6) is -3.46. The third-order valence-corrected chi connectivity index (χ3v) is 4.53. The molecule has 0 aliphatic rings. The van der Waals surface area contributed by atoms with Crippen LogP contribution in [0.4, 0.5) is 0 Å². The molecule has 7 nitrogen and oxygen atoms in total. The molecule has 0 radical (unpaired) electrons. The molecule has 120 valence electrons. The second kappa shape index (κ2) is 5.74. The van der Waals surface area contributed by atoms with Gasteiger partial charge in [-0.05, 0) is 30.3 Å². The SMILES string of the molecule is O=C(O)c1ccc(-c2cnc3c(C(=O)O)ccc(C(=O)O)c3c2)s1. The summed E-state index contributed by atoms with van der Waals surface area (Å²) < 4.78 is 0. The number of carboxylic acids is 3. The van der Waals surface area contributed by atoms with Gasteiger partial charge in [-0.25, -0.2) is 14.4 Å². The first-order valence-corrected chi connectivity index (χ1v) is 7.43. The molecule has 0 spiro atoms. The molecule has 3 aromatic rings. The van der Waals surface area contributed by atoms with Crippen LogP contribution in [0.5, 0.6) is 0 Å². The highest BCUT2D eigenvalue weighted by molar-refractivity contribution is 7.17. The Labute approximate surface area is 138 Å².